The summed E-state index contributed by atoms with van der Waals surface area (Å²) in [5.74, 6) is -0.0775. The Labute approximate surface area is 157 Å². The number of nitrogens with one attached hydrogen (secondary N) is 2. The predicted octanol–water partition coefficient (Wildman–Crippen LogP) is 4.25. The van der Waals surface area contributed by atoms with Crippen LogP contribution in [0.25, 0.3) is 10.8 Å². The van der Waals surface area contributed by atoms with Gasteiger partial charge in [0.05, 0.1) is 0 Å². The van der Waals surface area contributed by atoms with E-state index in [0.717, 1.165) is 6.42 Å². The lowest BCUT2D eigenvalue weighted by atomic mass is 10.0. The average Bonchev–Trinajstić information content (AvgIpc) is 3.46. The Morgan fingerprint density at radius 1 is 0.963 bits per heavy atom. The van der Waals surface area contributed by atoms with Crippen LogP contribution < -0.4 is 10.6 Å². The molecule has 0 heterocycles. The molecular weight excluding hydrogens is 336 g/mol. The van der Waals surface area contributed by atoms with Crippen LogP contribution in [-0.2, 0) is 4.79 Å². The van der Waals surface area contributed by atoms with E-state index in [0.29, 0.717) is 17.2 Å². The van der Waals surface area contributed by atoms with Crippen LogP contribution in [0.1, 0.15) is 28.3 Å². The third-order valence-corrected chi connectivity index (χ3v) is 4.89. The summed E-state index contributed by atoms with van der Waals surface area (Å²) >= 11 is 0. The van der Waals surface area contributed by atoms with Crippen LogP contribution in [0.2, 0.25) is 0 Å². The highest BCUT2D eigenvalue weighted by Crippen LogP contribution is 2.41. The molecule has 2 amide bonds. The molecule has 0 bridgehead atoms. The van der Waals surface area contributed by atoms with Crippen LogP contribution in [-0.4, -0.2) is 17.9 Å². The van der Waals surface area contributed by atoms with Crippen molar-refractivity contribution in [3.05, 3.63) is 90.5 Å². The lowest BCUT2D eigenvalue weighted by Gasteiger charge is -2.08. The number of rotatable bonds is 5. The minimum absolute atomic E-state index is 0.127. The molecule has 2 atom stereocenters. The fraction of sp³-hybridized carbons (Fsp3) is 0.130. The third kappa shape index (κ3) is 3.75. The summed E-state index contributed by atoms with van der Waals surface area (Å²) in [6.07, 6.45) is 2.14. The summed E-state index contributed by atoms with van der Waals surface area (Å²) in [5, 5.41) is 8.20. The molecule has 2 N–H and O–H groups in total. The van der Waals surface area contributed by atoms with E-state index in [1.165, 1.54) is 22.4 Å². The van der Waals surface area contributed by atoms with Gasteiger partial charge < -0.3 is 10.6 Å². The van der Waals surface area contributed by atoms with Gasteiger partial charge in [-0.05, 0) is 47.0 Å². The maximum atomic E-state index is 12.5. The Bertz CT molecular complexity index is 1040. The standard InChI is InChI=1S/C23H20N2O2/c1-2-22(26)24-19-9-5-8-18(13-19)23(27)25-21-14-20(21)17-11-10-15-6-3-4-7-16(15)12-17/h2-13,20-21H,1,14H2,(H,24,26)(H,25,27)/t20-,21+/m0/s1. The minimum Gasteiger partial charge on any atom is -0.349 e. The average molecular weight is 356 g/mol. The molecule has 1 fully saturated rings. The van der Waals surface area contributed by atoms with Gasteiger partial charge in [-0.25, -0.2) is 0 Å². The molecule has 1 aliphatic rings. The number of amides is 2. The van der Waals surface area contributed by atoms with Gasteiger partial charge in [-0.15, -0.1) is 0 Å². The quantitative estimate of drug-likeness (QED) is 0.672. The fourth-order valence-corrected chi connectivity index (χ4v) is 3.34. The number of carbonyl (C=O) groups excluding carboxylic acids is 2. The van der Waals surface area contributed by atoms with Crippen molar-refractivity contribution < 1.29 is 9.59 Å². The molecule has 134 valence electrons. The van der Waals surface area contributed by atoms with E-state index in [1.54, 1.807) is 24.3 Å². The van der Waals surface area contributed by atoms with Crippen LogP contribution >= 0.6 is 0 Å². The Morgan fingerprint density at radius 3 is 2.59 bits per heavy atom. The largest absolute Gasteiger partial charge is 0.349 e. The van der Waals surface area contributed by atoms with Crippen molar-refractivity contribution in [3.63, 3.8) is 0 Å². The van der Waals surface area contributed by atoms with Crippen molar-refractivity contribution in [1.29, 1.82) is 0 Å². The second-order valence-electron chi connectivity index (χ2n) is 6.80. The summed E-state index contributed by atoms with van der Waals surface area (Å²) in [6, 6.07) is 21.8. The maximum absolute atomic E-state index is 12.5. The van der Waals surface area contributed by atoms with Gasteiger partial charge >= 0.3 is 0 Å². The molecule has 4 rings (SSSR count). The molecule has 0 aromatic heterocycles. The van der Waals surface area contributed by atoms with Crippen molar-refractivity contribution in [2.24, 2.45) is 0 Å². The Balaban J connectivity index is 1.43. The van der Waals surface area contributed by atoms with Crippen LogP contribution in [0, 0.1) is 0 Å². The van der Waals surface area contributed by atoms with Gasteiger partial charge in [-0.3, -0.25) is 9.59 Å². The van der Waals surface area contributed by atoms with E-state index >= 15 is 0 Å². The number of fused-ring (bicyclic) bond motifs is 1. The molecule has 27 heavy (non-hydrogen) atoms. The van der Waals surface area contributed by atoms with Crippen LogP contribution in [0.3, 0.4) is 0 Å². The molecule has 3 aromatic rings. The number of anilines is 1. The van der Waals surface area contributed by atoms with Gasteiger partial charge in [0.15, 0.2) is 0 Å². The highest BCUT2D eigenvalue weighted by molar-refractivity contribution is 6.01. The van der Waals surface area contributed by atoms with E-state index in [1.807, 2.05) is 12.1 Å². The highest BCUT2D eigenvalue weighted by atomic mass is 16.2. The number of carbonyl (C=O) groups is 2. The SMILES string of the molecule is C=CC(=O)Nc1cccc(C(=O)N[C@@H]2C[C@H]2c2ccc3ccccc3c2)c1. The first-order valence-corrected chi connectivity index (χ1v) is 8.97. The molecule has 1 saturated carbocycles. The Morgan fingerprint density at radius 2 is 1.78 bits per heavy atom. The fourth-order valence-electron chi connectivity index (χ4n) is 3.34. The van der Waals surface area contributed by atoms with Crippen LogP contribution in [0.4, 0.5) is 5.69 Å². The smallest absolute Gasteiger partial charge is 0.251 e. The van der Waals surface area contributed by atoms with Crippen LogP contribution in [0.15, 0.2) is 79.4 Å². The van der Waals surface area contributed by atoms with Crippen molar-refractivity contribution in [1.82, 2.24) is 5.32 Å². The normalized spacial score (nSPS) is 17.9. The number of hydrogen-bond donors (Lipinski definition) is 2. The van der Waals surface area contributed by atoms with Crippen molar-refractivity contribution >= 4 is 28.3 Å². The molecule has 0 radical (unpaired) electrons. The molecule has 4 nitrogen and oxygen atoms in total. The second-order valence-corrected chi connectivity index (χ2v) is 6.80. The first kappa shape index (κ1) is 17.0. The van der Waals surface area contributed by atoms with Gasteiger partial charge in [0.25, 0.3) is 5.91 Å². The highest BCUT2D eigenvalue weighted by Gasteiger charge is 2.39. The Hall–Kier alpha value is -3.40. The third-order valence-electron chi connectivity index (χ3n) is 4.89. The topological polar surface area (TPSA) is 58.2 Å². The van der Waals surface area contributed by atoms with Crippen molar-refractivity contribution in [2.45, 2.75) is 18.4 Å². The molecule has 3 aromatic carbocycles. The minimum atomic E-state index is -0.300. The maximum Gasteiger partial charge on any atom is 0.251 e. The van der Waals surface area contributed by atoms with Gasteiger partial charge in [0, 0.05) is 23.2 Å². The van der Waals surface area contributed by atoms with Gasteiger partial charge in [0.2, 0.25) is 5.91 Å². The lowest BCUT2D eigenvalue weighted by molar-refractivity contribution is -0.111. The zero-order valence-corrected chi connectivity index (χ0v) is 14.8. The monoisotopic (exact) mass is 356 g/mol. The van der Waals surface area contributed by atoms with Crippen molar-refractivity contribution in [2.75, 3.05) is 5.32 Å². The van der Waals surface area contributed by atoms with E-state index in [9.17, 15) is 9.59 Å². The van der Waals surface area contributed by atoms with Crippen LogP contribution in [0.5, 0.6) is 0 Å². The number of benzene rings is 3. The van der Waals surface area contributed by atoms with E-state index in [2.05, 4.69) is 47.5 Å². The Kier molecular flexibility index (Phi) is 4.47. The zero-order chi connectivity index (χ0) is 18.8. The van der Waals surface area contributed by atoms with Gasteiger partial charge in [0.1, 0.15) is 0 Å². The molecular formula is C23H20N2O2. The van der Waals surface area contributed by atoms with Gasteiger partial charge in [-0.1, -0.05) is 55.1 Å². The molecule has 0 spiro atoms. The van der Waals surface area contributed by atoms with E-state index in [-0.39, 0.29) is 17.9 Å². The summed E-state index contributed by atoms with van der Waals surface area (Å²) in [6.45, 7) is 3.43. The molecule has 1 aliphatic carbocycles. The van der Waals surface area contributed by atoms with E-state index in [4.69, 9.17) is 0 Å². The van der Waals surface area contributed by atoms with Gasteiger partial charge in [-0.2, -0.15) is 0 Å². The summed E-state index contributed by atoms with van der Waals surface area (Å²) < 4.78 is 0. The number of hydrogen-bond acceptors (Lipinski definition) is 2. The lowest BCUT2D eigenvalue weighted by Crippen LogP contribution is -2.26. The summed E-state index contributed by atoms with van der Waals surface area (Å²) in [7, 11) is 0. The zero-order valence-electron chi connectivity index (χ0n) is 14.8. The first-order valence-electron chi connectivity index (χ1n) is 8.97. The first-order chi connectivity index (χ1) is 13.1. The molecule has 0 aliphatic heterocycles. The van der Waals surface area contributed by atoms with Crippen molar-refractivity contribution in [3.8, 4) is 0 Å². The van der Waals surface area contributed by atoms with E-state index < -0.39 is 0 Å². The second kappa shape index (κ2) is 7.08. The molecule has 0 unspecified atom stereocenters. The summed E-state index contributed by atoms with van der Waals surface area (Å²) in [5.41, 5.74) is 2.36. The summed E-state index contributed by atoms with van der Waals surface area (Å²) in [4.78, 5) is 24.0. The predicted molar refractivity (Wildman–Crippen MR) is 108 cm³/mol. The molecule has 0 saturated heterocycles. The molecule has 4 heteroatoms.